The first-order valence-electron chi connectivity index (χ1n) is 8.25. The van der Waals surface area contributed by atoms with Gasteiger partial charge in [-0.2, -0.15) is 0 Å². The van der Waals surface area contributed by atoms with Gasteiger partial charge in [0.1, 0.15) is 11.5 Å². The second-order valence-electron chi connectivity index (χ2n) is 5.73. The second-order valence-corrected chi connectivity index (χ2v) is 7.66. The van der Waals surface area contributed by atoms with Crippen molar-refractivity contribution in [3.8, 4) is 11.5 Å². The van der Waals surface area contributed by atoms with Gasteiger partial charge >= 0.3 is 0 Å². The minimum Gasteiger partial charge on any atom is -0.497 e. The SMILES string of the molecule is COc1ccc(CCS(=O)(=O)NCC(OC)c2ccccc2OC)cc1. The van der Waals surface area contributed by atoms with Gasteiger partial charge in [-0.15, -0.1) is 0 Å². The van der Waals surface area contributed by atoms with E-state index in [0.29, 0.717) is 12.2 Å². The number of methoxy groups -OCH3 is 3. The molecule has 26 heavy (non-hydrogen) atoms. The van der Waals surface area contributed by atoms with Crippen LogP contribution in [0, 0.1) is 0 Å². The van der Waals surface area contributed by atoms with E-state index in [4.69, 9.17) is 14.2 Å². The number of rotatable bonds is 10. The summed E-state index contributed by atoms with van der Waals surface area (Å²) in [4.78, 5) is 0. The van der Waals surface area contributed by atoms with Gasteiger partial charge in [-0.3, -0.25) is 0 Å². The highest BCUT2D eigenvalue weighted by molar-refractivity contribution is 7.89. The minimum atomic E-state index is -3.43. The van der Waals surface area contributed by atoms with E-state index in [9.17, 15) is 8.42 Å². The molecule has 0 fully saturated rings. The number of ether oxygens (including phenoxy) is 3. The Balaban J connectivity index is 1.94. The first-order chi connectivity index (χ1) is 12.5. The average Bonchev–Trinajstić information content (AvgIpc) is 2.67. The third kappa shape index (κ3) is 5.72. The highest BCUT2D eigenvalue weighted by atomic mass is 32.2. The summed E-state index contributed by atoms with van der Waals surface area (Å²) < 4.78 is 43.1. The Kier molecular flexibility index (Phi) is 7.44. The third-order valence-corrected chi connectivity index (χ3v) is 5.43. The Labute approximate surface area is 155 Å². The lowest BCUT2D eigenvalue weighted by atomic mass is 10.1. The molecule has 7 heteroatoms. The van der Waals surface area contributed by atoms with Crippen molar-refractivity contribution < 1.29 is 22.6 Å². The highest BCUT2D eigenvalue weighted by Crippen LogP contribution is 2.26. The number of hydrogen-bond acceptors (Lipinski definition) is 5. The van der Waals surface area contributed by atoms with Crippen LogP contribution in [0.4, 0.5) is 0 Å². The molecule has 0 radical (unpaired) electrons. The fourth-order valence-corrected chi connectivity index (χ4v) is 3.63. The van der Waals surface area contributed by atoms with Crippen molar-refractivity contribution in [2.45, 2.75) is 12.5 Å². The Morgan fingerprint density at radius 1 is 0.962 bits per heavy atom. The molecule has 0 saturated heterocycles. The number of hydrogen-bond donors (Lipinski definition) is 1. The maximum absolute atomic E-state index is 12.3. The summed E-state index contributed by atoms with van der Waals surface area (Å²) in [5.74, 6) is 1.41. The molecule has 1 atom stereocenters. The first kappa shape index (κ1) is 20.2. The molecule has 0 aliphatic rings. The largest absolute Gasteiger partial charge is 0.497 e. The number of nitrogens with one attached hydrogen (secondary N) is 1. The monoisotopic (exact) mass is 379 g/mol. The minimum absolute atomic E-state index is 0.00167. The lowest BCUT2D eigenvalue weighted by molar-refractivity contribution is 0.105. The molecule has 142 valence electrons. The van der Waals surface area contributed by atoms with Crippen LogP contribution in [-0.2, 0) is 21.2 Å². The Morgan fingerprint density at radius 2 is 1.65 bits per heavy atom. The molecule has 0 amide bonds. The molecule has 6 nitrogen and oxygen atoms in total. The Morgan fingerprint density at radius 3 is 2.27 bits per heavy atom. The van der Waals surface area contributed by atoms with Crippen LogP contribution in [0.3, 0.4) is 0 Å². The van der Waals surface area contributed by atoms with Gasteiger partial charge in [0.15, 0.2) is 0 Å². The van der Waals surface area contributed by atoms with Crippen molar-refractivity contribution in [3.63, 3.8) is 0 Å². The molecule has 2 rings (SSSR count). The van der Waals surface area contributed by atoms with E-state index in [0.717, 1.165) is 16.9 Å². The average molecular weight is 379 g/mol. The lowest BCUT2D eigenvalue weighted by Crippen LogP contribution is -2.32. The van der Waals surface area contributed by atoms with E-state index in [1.807, 2.05) is 48.5 Å². The standard InChI is InChI=1S/C19H25NO5S/c1-23-16-10-8-15(9-11-16)12-13-26(21,22)20-14-19(25-3)17-6-4-5-7-18(17)24-2/h4-11,19-20H,12-14H2,1-3H3. The summed E-state index contributed by atoms with van der Waals surface area (Å²) in [6.45, 7) is 0.141. The van der Waals surface area contributed by atoms with Gasteiger partial charge in [0, 0.05) is 19.2 Å². The molecular weight excluding hydrogens is 354 g/mol. The predicted molar refractivity (Wildman–Crippen MR) is 101 cm³/mol. The van der Waals surface area contributed by atoms with E-state index >= 15 is 0 Å². The van der Waals surface area contributed by atoms with Crippen molar-refractivity contribution in [2.24, 2.45) is 0 Å². The van der Waals surface area contributed by atoms with Gasteiger partial charge in [0.25, 0.3) is 0 Å². The normalized spacial score (nSPS) is 12.6. The zero-order valence-corrected chi connectivity index (χ0v) is 16.1. The fourth-order valence-electron chi connectivity index (χ4n) is 2.57. The van der Waals surface area contributed by atoms with Gasteiger partial charge in [0.05, 0.1) is 26.1 Å². The molecule has 1 N–H and O–H groups in total. The molecule has 0 aliphatic carbocycles. The number of benzene rings is 2. The van der Waals surface area contributed by atoms with E-state index in [-0.39, 0.29) is 12.3 Å². The van der Waals surface area contributed by atoms with Crippen LogP contribution in [0.25, 0.3) is 0 Å². The summed E-state index contributed by atoms with van der Waals surface area (Å²) in [7, 11) is 1.28. The van der Waals surface area contributed by atoms with E-state index < -0.39 is 16.1 Å². The van der Waals surface area contributed by atoms with Gasteiger partial charge in [-0.1, -0.05) is 30.3 Å². The van der Waals surface area contributed by atoms with Crippen LogP contribution in [0.15, 0.2) is 48.5 Å². The lowest BCUT2D eigenvalue weighted by Gasteiger charge is -2.19. The molecule has 0 spiro atoms. The van der Waals surface area contributed by atoms with Crippen molar-refractivity contribution in [2.75, 3.05) is 33.6 Å². The number of sulfonamides is 1. The molecular formula is C19H25NO5S. The smallest absolute Gasteiger partial charge is 0.212 e. The predicted octanol–water partition coefficient (Wildman–Crippen LogP) is 2.55. The van der Waals surface area contributed by atoms with Crippen LogP contribution in [0.5, 0.6) is 11.5 Å². The molecule has 1 unspecified atom stereocenters. The van der Waals surface area contributed by atoms with Gasteiger partial charge in [-0.05, 0) is 30.2 Å². The Bertz CT molecular complexity index is 790. The van der Waals surface area contributed by atoms with E-state index in [1.54, 1.807) is 21.3 Å². The summed E-state index contributed by atoms with van der Waals surface area (Å²) >= 11 is 0. The molecule has 0 aromatic heterocycles. The van der Waals surface area contributed by atoms with Crippen molar-refractivity contribution in [3.05, 3.63) is 59.7 Å². The Hall–Kier alpha value is -2.09. The zero-order chi connectivity index (χ0) is 19.0. The quantitative estimate of drug-likeness (QED) is 0.687. The van der Waals surface area contributed by atoms with Crippen molar-refractivity contribution in [1.29, 1.82) is 0 Å². The van der Waals surface area contributed by atoms with Crippen LogP contribution in [0.2, 0.25) is 0 Å². The van der Waals surface area contributed by atoms with Gasteiger partial charge in [-0.25, -0.2) is 13.1 Å². The topological polar surface area (TPSA) is 73.9 Å². The fraction of sp³-hybridized carbons (Fsp3) is 0.368. The maximum Gasteiger partial charge on any atom is 0.212 e. The van der Waals surface area contributed by atoms with Crippen LogP contribution in [0.1, 0.15) is 17.2 Å². The third-order valence-electron chi connectivity index (χ3n) is 4.08. The van der Waals surface area contributed by atoms with E-state index in [1.165, 1.54) is 0 Å². The van der Waals surface area contributed by atoms with Gasteiger partial charge in [0.2, 0.25) is 10.0 Å². The van der Waals surface area contributed by atoms with Crippen molar-refractivity contribution in [1.82, 2.24) is 4.72 Å². The molecule has 2 aromatic carbocycles. The summed E-state index contributed by atoms with van der Waals surface area (Å²) in [6.07, 6.45) is -0.00653. The maximum atomic E-state index is 12.3. The summed E-state index contributed by atoms with van der Waals surface area (Å²) in [6, 6.07) is 14.8. The summed E-state index contributed by atoms with van der Waals surface area (Å²) in [5.41, 5.74) is 1.74. The molecule has 0 aliphatic heterocycles. The van der Waals surface area contributed by atoms with Crippen LogP contribution < -0.4 is 14.2 Å². The number of aryl methyl sites for hydroxylation is 1. The highest BCUT2D eigenvalue weighted by Gasteiger charge is 2.19. The van der Waals surface area contributed by atoms with Gasteiger partial charge < -0.3 is 14.2 Å². The molecule has 2 aromatic rings. The molecule has 0 heterocycles. The molecule has 0 bridgehead atoms. The van der Waals surface area contributed by atoms with Crippen molar-refractivity contribution >= 4 is 10.0 Å². The first-order valence-corrected chi connectivity index (χ1v) is 9.90. The second kappa shape index (κ2) is 9.56. The number of para-hydroxylation sites is 1. The molecule has 0 saturated carbocycles. The summed E-state index contributed by atoms with van der Waals surface area (Å²) in [5, 5.41) is 0. The van der Waals surface area contributed by atoms with Crippen LogP contribution in [-0.4, -0.2) is 42.0 Å². The van der Waals surface area contributed by atoms with E-state index in [2.05, 4.69) is 4.72 Å². The van der Waals surface area contributed by atoms with Crippen LogP contribution >= 0.6 is 0 Å². The zero-order valence-electron chi connectivity index (χ0n) is 15.3.